The van der Waals surface area contributed by atoms with E-state index in [2.05, 4.69) is 24.0 Å². The zero-order valence-corrected chi connectivity index (χ0v) is 13.9. The number of thioether (sulfide) groups is 1. The van der Waals surface area contributed by atoms with Crippen LogP contribution in [0, 0.1) is 5.92 Å². The van der Waals surface area contributed by atoms with Gasteiger partial charge in [0.15, 0.2) is 0 Å². The first-order valence-corrected chi connectivity index (χ1v) is 9.30. The monoisotopic (exact) mass is 301 g/mol. The van der Waals surface area contributed by atoms with Gasteiger partial charge in [0.1, 0.15) is 5.54 Å². The molecule has 20 heavy (non-hydrogen) atoms. The molecule has 0 aromatic heterocycles. The van der Waals surface area contributed by atoms with Crippen molar-refractivity contribution >= 4 is 17.7 Å². The molecule has 1 unspecified atom stereocenters. The maximum Gasteiger partial charge on any atom is 0.323 e. The highest BCUT2D eigenvalue weighted by atomic mass is 32.2. The van der Waals surface area contributed by atoms with E-state index in [0.29, 0.717) is 0 Å². The molecule has 1 rings (SSSR count). The van der Waals surface area contributed by atoms with Gasteiger partial charge in [0.05, 0.1) is 0 Å². The van der Waals surface area contributed by atoms with E-state index in [1.54, 1.807) is 0 Å². The zero-order valence-electron chi connectivity index (χ0n) is 13.1. The molecule has 0 aromatic carbocycles. The first-order valence-electron chi connectivity index (χ1n) is 8.14. The summed E-state index contributed by atoms with van der Waals surface area (Å²) in [6.07, 6.45) is 9.52. The highest BCUT2D eigenvalue weighted by molar-refractivity contribution is 7.99. The summed E-state index contributed by atoms with van der Waals surface area (Å²) in [5, 5.41) is 12.5. The number of hydrogen-bond acceptors (Lipinski definition) is 3. The van der Waals surface area contributed by atoms with Crippen molar-refractivity contribution in [2.45, 2.75) is 70.8 Å². The van der Waals surface area contributed by atoms with Gasteiger partial charge in [-0.15, -0.1) is 0 Å². The molecule has 4 heteroatoms. The highest BCUT2D eigenvalue weighted by Gasteiger charge is 2.31. The molecule has 1 saturated carbocycles. The fraction of sp³-hybridized carbons (Fsp3) is 0.938. The minimum absolute atomic E-state index is 0.718. The summed E-state index contributed by atoms with van der Waals surface area (Å²) in [4.78, 5) is 11.4. The van der Waals surface area contributed by atoms with Gasteiger partial charge in [-0.3, -0.25) is 4.79 Å². The highest BCUT2D eigenvalue weighted by Crippen LogP contribution is 2.28. The summed E-state index contributed by atoms with van der Waals surface area (Å²) in [5.41, 5.74) is -0.744. The van der Waals surface area contributed by atoms with Crippen LogP contribution >= 0.6 is 11.8 Å². The molecule has 1 fully saturated rings. The van der Waals surface area contributed by atoms with Gasteiger partial charge in [0.25, 0.3) is 0 Å². The normalized spacial score (nSPS) is 19.1. The van der Waals surface area contributed by atoms with E-state index in [-0.39, 0.29) is 0 Å². The Morgan fingerprint density at radius 3 is 2.65 bits per heavy atom. The lowest BCUT2D eigenvalue weighted by molar-refractivity contribution is -0.144. The number of rotatable bonds is 11. The lowest BCUT2D eigenvalue weighted by atomic mass is 9.95. The third-order valence-electron chi connectivity index (χ3n) is 4.28. The van der Waals surface area contributed by atoms with E-state index in [0.717, 1.165) is 38.1 Å². The summed E-state index contributed by atoms with van der Waals surface area (Å²) < 4.78 is 0. The molecule has 0 spiro atoms. The van der Waals surface area contributed by atoms with E-state index >= 15 is 0 Å². The van der Waals surface area contributed by atoms with Crippen LogP contribution in [0.5, 0.6) is 0 Å². The molecule has 0 radical (unpaired) electrons. The Bertz CT molecular complexity index is 280. The van der Waals surface area contributed by atoms with Gasteiger partial charge in [-0.25, -0.2) is 0 Å². The summed E-state index contributed by atoms with van der Waals surface area (Å²) in [7, 11) is 0. The molecule has 1 atom stereocenters. The van der Waals surface area contributed by atoms with E-state index in [1.165, 1.54) is 37.2 Å². The molecular formula is C16H31NO2S. The standard InChI is InChI=1S/C16H31NO2S/c1-3-11-17-16(2,15(18)19)10-6-7-12-20-13-14-8-4-5-9-14/h14,17H,3-13H2,1-2H3,(H,18,19). The van der Waals surface area contributed by atoms with Crippen molar-refractivity contribution in [2.24, 2.45) is 5.92 Å². The Labute approximate surface area is 128 Å². The van der Waals surface area contributed by atoms with Crippen LogP contribution < -0.4 is 5.32 Å². The van der Waals surface area contributed by atoms with Crippen LogP contribution in [0.3, 0.4) is 0 Å². The van der Waals surface area contributed by atoms with Crippen LogP contribution in [0.1, 0.15) is 65.2 Å². The number of hydrogen-bond donors (Lipinski definition) is 2. The third kappa shape index (κ3) is 6.49. The molecule has 0 amide bonds. The van der Waals surface area contributed by atoms with Crippen molar-refractivity contribution in [3.8, 4) is 0 Å². The largest absolute Gasteiger partial charge is 0.480 e. The molecule has 1 aliphatic carbocycles. The minimum atomic E-state index is -0.744. The van der Waals surface area contributed by atoms with E-state index in [9.17, 15) is 9.90 Å². The van der Waals surface area contributed by atoms with Crippen LogP contribution in [-0.4, -0.2) is 34.7 Å². The molecule has 0 aliphatic heterocycles. The van der Waals surface area contributed by atoms with Crippen LogP contribution in [0.25, 0.3) is 0 Å². The Kier molecular flexibility index (Phi) is 8.62. The van der Waals surface area contributed by atoms with Gasteiger partial charge in [-0.05, 0) is 63.0 Å². The van der Waals surface area contributed by atoms with Crippen LogP contribution in [0.2, 0.25) is 0 Å². The molecule has 2 N–H and O–H groups in total. The first-order chi connectivity index (χ1) is 9.58. The Hall–Kier alpha value is -0.220. The molecule has 0 saturated heterocycles. The molecule has 0 bridgehead atoms. The van der Waals surface area contributed by atoms with E-state index in [4.69, 9.17) is 0 Å². The summed E-state index contributed by atoms with van der Waals surface area (Å²) in [5.74, 6) is 2.73. The predicted octanol–water partition coefficient (Wildman–Crippen LogP) is 3.92. The van der Waals surface area contributed by atoms with Gasteiger partial charge in [0.2, 0.25) is 0 Å². The van der Waals surface area contributed by atoms with Gasteiger partial charge in [-0.1, -0.05) is 26.2 Å². The maximum absolute atomic E-state index is 11.4. The van der Waals surface area contributed by atoms with E-state index in [1.807, 2.05) is 6.92 Å². The number of carboxylic acids is 1. The van der Waals surface area contributed by atoms with Gasteiger partial charge < -0.3 is 10.4 Å². The summed E-state index contributed by atoms with van der Waals surface area (Å²) >= 11 is 2.06. The van der Waals surface area contributed by atoms with Crippen molar-refractivity contribution in [3.05, 3.63) is 0 Å². The lowest BCUT2D eigenvalue weighted by Crippen LogP contribution is -2.49. The van der Waals surface area contributed by atoms with Gasteiger partial charge in [0, 0.05) is 0 Å². The zero-order chi connectivity index (χ0) is 14.8. The minimum Gasteiger partial charge on any atom is -0.480 e. The lowest BCUT2D eigenvalue weighted by Gasteiger charge is -2.26. The Morgan fingerprint density at radius 2 is 2.05 bits per heavy atom. The Morgan fingerprint density at radius 1 is 1.35 bits per heavy atom. The van der Waals surface area contributed by atoms with Gasteiger partial charge in [-0.2, -0.15) is 11.8 Å². The number of aliphatic carboxylic acids is 1. The van der Waals surface area contributed by atoms with Crippen molar-refractivity contribution in [3.63, 3.8) is 0 Å². The molecule has 3 nitrogen and oxygen atoms in total. The average Bonchev–Trinajstić information content (AvgIpc) is 2.93. The molecular weight excluding hydrogens is 270 g/mol. The number of carbonyl (C=O) groups is 1. The Balaban J connectivity index is 2.09. The molecule has 1 aliphatic rings. The topological polar surface area (TPSA) is 49.3 Å². The smallest absolute Gasteiger partial charge is 0.323 e. The van der Waals surface area contributed by atoms with Crippen molar-refractivity contribution < 1.29 is 9.90 Å². The fourth-order valence-electron chi connectivity index (χ4n) is 2.78. The second kappa shape index (κ2) is 9.67. The second-order valence-corrected chi connectivity index (χ2v) is 7.40. The third-order valence-corrected chi connectivity index (χ3v) is 5.57. The SMILES string of the molecule is CCCNC(C)(CCCCSCC1CCCC1)C(=O)O. The fourth-order valence-corrected chi connectivity index (χ4v) is 4.02. The quantitative estimate of drug-likeness (QED) is 0.568. The van der Waals surface area contributed by atoms with E-state index < -0.39 is 11.5 Å². The number of nitrogens with one attached hydrogen (secondary N) is 1. The van der Waals surface area contributed by atoms with Crippen molar-refractivity contribution in [1.82, 2.24) is 5.32 Å². The van der Waals surface area contributed by atoms with Crippen LogP contribution in [-0.2, 0) is 4.79 Å². The average molecular weight is 301 g/mol. The van der Waals surface area contributed by atoms with Crippen LogP contribution in [0.15, 0.2) is 0 Å². The predicted molar refractivity (Wildman–Crippen MR) is 87.5 cm³/mol. The van der Waals surface area contributed by atoms with Crippen molar-refractivity contribution in [2.75, 3.05) is 18.1 Å². The number of unbranched alkanes of at least 4 members (excludes halogenated alkanes) is 1. The summed E-state index contributed by atoms with van der Waals surface area (Å²) in [6, 6.07) is 0. The van der Waals surface area contributed by atoms with Crippen molar-refractivity contribution in [1.29, 1.82) is 0 Å². The number of carboxylic acid groups (broad SMARTS) is 1. The second-order valence-electron chi connectivity index (χ2n) is 6.25. The maximum atomic E-state index is 11.4. The van der Waals surface area contributed by atoms with Gasteiger partial charge >= 0.3 is 5.97 Å². The first kappa shape index (κ1) is 17.8. The van der Waals surface area contributed by atoms with Crippen LogP contribution in [0.4, 0.5) is 0 Å². The molecule has 0 heterocycles. The molecule has 0 aromatic rings. The summed E-state index contributed by atoms with van der Waals surface area (Å²) in [6.45, 7) is 4.66. The molecule has 118 valence electrons.